The number of aromatic amines is 1. The van der Waals surface area contributed by atoms with E-state index in [1.54, 1.807) is 0 Å². The number of carbonyl (C=O) groups is 1. The number of hydrogen-bond acceptors (Lipinski definition) is 5. The van der Waals surface area contributed by atoms with Gasteiger partial charge in [0, 0.05) is 19.1 Å². The molecule has 3 N–H and O–H groups in total. The smallest absolute Gasteiger partial charge is 0.258 e. The molecule has 1 aromatic carbocycles. The number of nitrogens with zero attached hydrogens (tertiary/aromatic N) is 2. The molecule has 1 aliphatic heterocycles. The Hall–Kier alpha value is -2.38. The van der Waals surface area contributed by atoms with Crippen LogP contribution in [0.5, 0.6) is 5.75 Å². The number of hydrogen-bond donors (Lipinski definition) is 3. The number of H-pyrrole nitrogens is 1. The molecule has 1 aromatic heterocycles. The first-order valence-electron chi connectivity index (χ1n) is 8.97. The Balaban J connectivity index is 1.46. The first kappa shape index (κ1) is 18.4. The van der Waals surface area contributed by atoms with Gasteiger partial charge in [-0.05, 0) is 30.5 Å². The Morgan fingerprint density at radius 3 is 2.88 bits per heavy atom. The fourth-order valence-corrected chi connectivity index (χ4v) is 3.04. The molecular formula is C19H26N4O3. The minimum Gasteiger partial charge on any atom is -0.484 e. The highest BCUT2D eigenvalue weighted by atomic mass is 16.5. The highest BCUT2D eigenvalue weighted by Crippen LogP contribution is 2.23. The van der Waals surface area contributed by atoms with E-state index in [2.05, 4.69) is 29.4 Å². The van der Waals surface area contributed by atoms with Gasteiger partial charge in [-0.3, -0.25) is 14.8 Å². The second-order valence-corrected chi connectivity index (χ2v) is 6.93. The Morgan fingerprint density at radius 1 is 1.42 bits per heavy atom. The van der Waals surface area contributed by atoms with Crippen LogP contribution in [0.1, 0.15) is 43.8 Å². The van der Waals surface area contributed by atoms with Crippen LogP contribution in [0.2, 0.25) is 0 Å². The molecule has 1 aliphatic rings. The van der Waals surface area contributed by atoms with Crippen molar-refractivity contribution >= 4 is 5.91 Å². The molecule has 3 rings (SSSR count). The lowest BCUT2D eigenvalue weighted by Gasteiger charge is -2.22. The number of carbonyl (C=O) groups excluding carboxylic acids is 1. The van der Waals surface area contributed by atoms with Crippen LogP contribution in [0.15, 0.2) is 36.4 Å². The van der Waals surface area contributed by atoms with Gasteiger partial charge in [-0.2, -0.15) is 5.10 Å². The summed E-state index contributed by atoms with van der Waals surface area (Å²) in [5.41, 5.74) is 1.62. The van der Waals surface area contributed by atoms with Crippen molar-refractivity contribution in [2.24, 2.45) is 0 Å². The average molecular weight is 358 g/mol. The van der Waals surface area contributed by atoms with Crippen molar-refractivity contribution in [3.63, 3.8) is 0 Å². The third-order valence-corrected chi connectivity index (χ3v) is 4.53. The summed E-state index contributed by atoms with van der Waals surface area (Å²) in [6.45, 7) is 5.41. The number of benzene rings is 1. The zero-order chi connectivity index (χ0) is 18.5. The Bertz CT molecular complexity index is 717. The molecule has 0 aliphatic carbocycles. The van der Waals surface area contributed by atoms with Crippen LogP contribution >= 0.6 is 0 Å². The number of aliphatic hydroxyl groups is 1. The number of likely N-dealkylation sites (tertiary alicyclic amines) is 1. The van der Waals surface area contributed by atoms with E-state index in [1.807, 2.05) is 41.3 Å². The van der Waals surface area contributed by atoms with E-state index in [-0.39, 0.29) is 18.6 Å². The van der Waals surface area contributed by atoms with Crippen molar-refractivity contribution in [1.82, 2.24) is 20.4 Å². The summed E-state index contributed by atoms with van der Waals surface area (Å²) >= 11 is 0. The average Bonchev–Trinajstić information content (AvgIpc) is 3.30. The summed E-state index contributed by atoms with van der Waals surface area (Å²) in [7, 11) is 0. The summed E-state index contributed by atoms with van der Waals surface area (Å²) in [5, 5.41) is 20.6. The zero-order valence-corrected chi connectivity index (χ0v) is 15.2. The quantitative estimate of drug-likeness (QED) is 0.702. The zero-order valence-electron chi connectivity index (χ0n) is 15.2. The van der Waals surface area contributed by atoms with Crippen LogP contribution in [-0.2, 0) is 4.79 Å². The third-order valence-electron chi connectivity index (χ3n) is 4.53. The highest BCUT2D eigenvalue weighted by Gasteiger charge is 2.30. The lowest BCUT2D eigenvalue weighted by molar-refractivity contribution is -0.123. The van der Waals surface area contributed by atoms with E-state index < -0.39 is 6.23 Å². The molecule has 0 spiro atoms. The van der Waals surface area contributed by atoms with Crippen molar-refractivity contribution in [3.05, 3.63) is 47.8 Å². The largest absolute Gasteiger partial charge is 0.484 e. The van der Waals surface area contributed by atoms with Gasteiger partial charge in [0.15, 0.2) is 6.61 Å². The predicted octanol–water partition coefficient (Wildman–Crippen LogP) is 1.79. The van der Waals surface area contributed by atoms with Gasteiger partial charge in [-0.25, -0.2) is 0 Å². The fourth-order valence-electron chi connectivity index (χ4n) is 3.04. The summed E-state index contributed by atoms with van der Waals surface area (Å²) in [4.78, 5) is 14.0. The monoisotopic (exact) mass is 358 g/mol. The normalized spacial score (nSPS) is 18.8. The lowest BCUT2D eigenvalue weighted by atomic mass is 10.1. The van der Waals surface area contributed by atoms with Crippen molar-refractivity contribution in [3.8, 4) is 5.75 Å². The number of ether oxygens (including phenoxy) is 1. The Kier molecular flexibility index (Phi) is 5.90. The van der Waals surface area contributed by atoms with Crippen molar-refractivity contribution in [1.29, 1.82) is 0 Å². The van der Waals surface area contributed by atoms with Gasteiger partial charge in [0.2, 0.25) is 0 Å². The van der Waals surface area contributed by atoms with E-state index >= 15 is 0 Å². The van der Waals surface area contributed by atoms with Crippen LogP contribution in [0, 0.1) is 0 Å². The van der Waals surface area contributed by atoms with E-state index in [1.165, 1.54) is 0 Å². The van der Waals surface area contributed by atoms with Crippen LogP contribution in [0.25, 0.3) is 0 Å². The molecule has 1 saturated heterocycles. The van der Waals surface area contributed by atoms with E-state index in [4.69, 9.17) is 4.74 Å². The molecule has 0 bridgehead atoms. The molecule has 2 heterocycles. The third kappa shape index (κ3) is 4.62. The lowest BCUT2D eigenvalue weighted by Crippen LogP contribution is -2.40. The molecule has 2 aromatic rings. The molecule has 1 amide bonds. The standard InChI is InChI=1S/C19H26N4O3/c1-13(2)16-10-17(22-21-16)19(25)23-9-8-14(11-23)20-18(24)12-26-15-6-4-3-5-7-15/h3-7,10,13-14,19,25H,8-9,11-12H2,1-2H3,(H,20,24)(H,21,22). The number of amides is 1. The maximum Gasteiger partial charge on any atom is 0.258 e. The van der Waals surface area contributed by atoms with Crippen molar-refractivity contribution in [2.75, 3.05) is 19.7 Å². The van der Waals surface area contributed by atoms with Gasteiger partial charge in [0.05, 0.1) is 11.4 Å². The Morgan fingerprint density at radius 2 is 2.19 bits per heavy atom. The number of para-hydroxylation sites is 1. The molecule has 0 saturated carbocycles. The summed E-state index contributed by atoms with van der Waals surface area (Å²) in [6, 6.07) is 11.2. The molecule has 1 fully saturated rings. The topological polar surface area (TPSA) is 90.5 Å². The van der Waals surface area contributed by atoms with Crippen molar-refractivity contribution in [2.45, 2.75) is 38.5 Å². The van der Waals surface area contributed by atoms with Gasteiger partial charge >= 0.3 is 0 Å². The first-order chi connectivity index (χ1) is 12.5. The minimum atomic E-state index is -0.738. The molecular weight excluding hydrogens is 332 g/mol. The molecule has 140 valence electrons. The van der Waals surface area contributed by atoms with Gasteiger partial charge < -0.3 is 15.2 Å². The van der Waals surface area contributed by atoms with Crippen LogP contribution in [0.4, 0.5) is 0 Å². The second-order valence-electron chi connectivity index (χ2n) is 6.93. The predicted molar refractivity (Wildman–Crippen MR) is 97.7 cm³/mol. The van der Waals surface area contributed by atoms with Gasteiger partial charge in [-0.15, -0.1) is 0 Å². The highest BCUT2D eigenvalue weighted by molar-refractivity contribution is 5.77. The molecule has 0 radical (unpaired) electrons. The molecule has 7 heteroatoms. The van der Waals surface area contributed by atoms with E-state index in [0.717, 1.165) is 12.1 Å². The number of aliphatic hydroxyl groups excluding tert-OH is 1. The minimum absolute atomic E-state index is 0.00372. The first-order valence-corrected chi connectivity index (χ1v) is 8.97. The maximum atomic E-state index is 12.1. The molecule has 26 heavy (non-hydrogen) atoms. The summed E-state index contributed by atoms with van der Waals surface area (Å²) < 4.78 is 5.46. The summed E-state index contributed by atoms with van der Waals surface area (Å²) in [5.74, 6) is 0.826. The van der Waals surface area contributed by atoms with Gasteiger partial charge in [0.1, 0.15) is 12.0 Å². The SMILES string of the molecule is CC(C)c1cc(C(O)N2CCC(NC(=O)COc3ccccc3)C2)[nH]n1. The second kappa shape index (κ2) is 8.33. The fraction of sp³-hybridized carbons (Fsp3) is 0.474. The maximum absolute atomic E-state index is 12.1. The number of nitrogens with one attached hydrogen (secondary N) is 2. The van der Waals surface area contributed by atoms with Crippen LogP contribution in [0.3, 0.4) is 0 Å². The number of rotatable bonds is 7. The van der Waals surface area contributed by atoms with Crippen LogP contribution < -0.4 is 10.1 Å². The summed E-state index contributed by atoms with van der Waals surface area (Å²) in [6.07, 6.45) is 0.0525. The van der Waals surface area contributed by atoms with E-state index in [0.29, 0.717) is 30.5 Å². The Labute approximate surface area is 153 Å². The van der Waals surface area contributed by atoms with Crippen LogP contribution in [-0.4, -0.2) is 51.8 Å². The molecule has 2 unspecified atom stereocenters. The van der Waals surface area contributed by atoms with Gasteiger partial charge in [-0.1, -0.05) is 32.0 Å². The molecule has 7 nitrogen and oxygen atoms in total. The van der Waals surface area contributed by atoms with E-state index in [9.17, 15) is 9.90 Å². The van der Waals surface area contributed by atoms with Crippen molar-refractivity contribution < 1.29 is 14.6 Å². The molecule has 2 atom stereocenters. The number of aromatic nitrogens is 2. The van der Waals surface area contributed by atoms with Gasteiger partial charge in [0.25, 0.3) is 5.91 Å².